The molecule has 0 amide bonds. The lowest BCUT2D eigenvalue weighted by molar-refractivity contribution is -0.00834. The minimum absolute atomic E-state index is 0.0339. The van der Waals surface area contributed by atoms with Crippen LogP contribution in [0.1, 0.15) is 6.92 Å². The Hall–Kier alpha value is -0.590. The highest BCUT2D eigenvalue weighted by Crippen LogP contribution is 2.10. The zero-order valence-electron chi connectivity index (χ0n) is 5.41. The minimum atomic E-state index is -0.194. The molecular weight excluding hydrogens is 116 g/mol. The molecule has 0 radical (unpaired) electrons. The van der Waals surface area contributed by atoms with Gasteiger partial charge in [0.15, 0.2) is 0 Å². The van der Waals surface area contributed by atoms with E-state index >= 15 is 0 Å². The van der Waals surface area contributed by atoms with Crippen molar-refractivity contribution < 1.29 is 5.11 Å². The molecule has 1 aliphatic heterocycles. The van der Waals surface area contributed by atoms with Gasteiger partial charge in [-0.1, -0.05) is 0 Å². The molecule has 3 heteroatoms. The van der Waals surface area contributed by atoms with Gasteiger partial charge in [0, 0.05) is 13.1 Å². The topological polar surface area (TPSA) is 47.3 Å². The monoisotopic (exact) mass is 126 g/mol. The first-order chi connectivity index (χ1) is 4.24. The lowest BCUT2D eigenvalue weighted by Crippen LogP contribution is -2.54. The van der Waals surface area contributed by atoms with Gasteiger partial charge in [0.1, 0.15) is 0 Å². The second-order valence-electron chi connectivity index (χ2n) is 2.41. The second-order valence-corrected chi connectivity index (χ2v) is 2.41. The van der Waals surface area contributed by atoms with Crippen LogP contribution in [-0.4, -0.2) is 35.2 Å². The molecule has 1 fully saturated rings. The first-order valence-electron chi connectivity index (χ1n) is 3.05. The van der Waals surface area contributed by atoms with Gasteiger partial charge in [0.05, 0.1) is 18.2 Å². The third-order valence-corrected chi connectivity index (χ3v) is 1.63. The van der Waals surface area contributed by atoms with E-state index in [0.717, 1.165) is 0 Å². The molecule has 1 atom stereocenters. The summed E-state index contributed by atoms with van der Waals surface area (Å²) in [5.41, 5.74) is 0. The Bertz CT molecular complexity index is 134. The summed E-state index contributed by atoms with van der Waals surface area (Å²) < 4.78 is 0. The number of β-amino-alcohol motifs (C(OH)–C–C–N with tert-alkyl or cyclic N) is 1. The Morgan fingerprint density at radius 2 is 2.33 bits per heavy atom. The Balaban J connectivity index is 2.25. The van der Waals surface area contributed by atoms with Crippen LogP contribution in [0.3, 0.4) is 0 Å². The maximum atomic E-state index is 8.81. The molecule has 0 saturated carbocycles. The van der Waals surface area contributed by atoms with Gasteiger partial charge in [-0.2, -0.15) is 5.26 Å². The number of rotatable bonds is 1. The number of nitriles is 1. The van der Waals surface area contributed by atoms with E-state index in [1.54, 1.807) is 0 Å². The van der Waals surface area contributed by atoms with Crippen LogP contribution in [0.5, 0.6) is 0 Å². The van der Waals surface area contributed by atoms with Crippen molar-refractivity contribution in [3.63, 3.8) is 0 Å². The number of aliphatic hydroxyl groups is 1. The molecule has 1 rings (SSSR count). The van der Waals surface area contributed by atoms with Crippen LogP contribution >= 0.6 is 0 Å². The van der Waals surface area contributed by atoms with Crippen molar-refractivity contribution >= 4 is 0 Å². The van der Waals surface area contributed by atoms with E-state index in [9.17, 15) is 0 Å². The summed E-state index contributed by atoms with van der Waals surface area (Å²) in [5, 5.41) is 17.2. The average molecular weight is 126 g/mol. The maximum absolute atomic E-state index is 8.81. The summed E-state index contributed by atoms with van der Waals surface area (Å²) >= 11 is 0. The summed E-state index contributed by atoms with van der Waals surface area (Å²) in [6.07, 6.45) is -0.194. The first kappa shape index (κ1) is 6.53. The fourth-order valence-corrected chi connectivity index (χ4v) is 0.886. The predicted molar refractivity (Wildman–Crippen MR) is 32.7 cm³/mol. The summed E-state index contributed by atoms with van der Waals surface area (Å²) in [4.78, 5) is 1.94. The van der Waals surface area contributed by atoms with Crippen molar-refractivity contribution in [2.24, 2.45) is 0 Å². The fraction of sp³-hybridized carbons (Fsp3) is 0.833. The number of nitrogens with zero attached hydrogens (tertiary/aromatic N) is 2. The maximum Gasteiger partial charge on any atom is 0.0951 e. The van der Waals surface area contributed by atoms with E-state index < -0.39 is 0 Å². The highest BCUT2D eigenvalue weighted by atomic mass is 16.3. The molecule has 50 valence electrons. The van der Waals surface area contributed by atoms with Crippen LogP contribution in [0.2, 0.25) is 0 Å². The summed E-state index contributed by atoms with van der Waals surface area (Å²) in [6.45, 7) is 3.16. The van der Waals surface area contributed by atoms with E-state index in [1.165, 1.54) is 0 Å². The molecule has 3 nitrogen and oxygen atoms in total. The number of aliphatic hydroxyl groups excluding tert-OH is 1. The van der Waals surface area contributed by atoms with E-state index in [-0.39, 0.29) is 12.1 Å². The van der Waals surface area contributed by atoms with Gasteiger partial charge >= 0.3 is 0 Å². The van der Waals surface area contributed by atoms with Gasteiger partial charge in [0.25, 0.3) is 0 Å². The fourth-order valence-electron chi connectivity index (χ4n) is 0.886. The first-order valence-corrected chi connectivity index (χ1v) is 3.05. The summed E-state index contributed by atoms with van der Waals surface area (Å²) in [5.74, 6) is 0. The largest absolute Gasteiger partial charge is 0.390 e. The number of likely N-dealkylation sites (tertiary alicyclic amines) is 1. The number of hydrogen-bond donors (Lipinski definition) is 1. The van der Waals surface area contributed by atoms with Crippen molar-refractivity contribution in [3.05, 3.63) is 0 Å². The normalized spacial score (nSPS) is 24.6. The van der Waals surface area contributed by atoms with Gasteiger partial charge in [-0.25, -0.2) is 0 Å². The van der Waals surface area contributed by atoms with Crippen molar-refractivity contribution in [1.29, 1.82) is 5.26 Å². The van der Waals surface area contributed by atoms with Gasteiger partial charge < -0.3 is 5.11 Å². The Morgan fingerprint density at radius 1 is 1.78 bits per heavy atom. The number of hydrogen-bond acceptors (Lipinski definition) is 3. The standard InChI is InChI=1S/C6H10N2O/c1-5(2-7)8-3-6(9)4-8/h5-6,9H,3-4H2,1H3/t5-/m1/s1. The molecule has 0 aromatic rings. The van der Waals surface area contributed by atoms with Crippen LogP contribution in [0.15, 0.2) is 0 Å². The minimum Gasteiger partial charge on any atom is -0.390 e. The van der Waals surface area contributed by atoms with E-state index in [4.69, 9.17) is 10.4 Å². The molecule has 1 heterocycles. The Kier molecular flexibility index (Phi) is 1.70. The third-order valence-electron chi connectivity index (χ3n) is 1.63. The zero-order valence-corrected chi connectivity index (χ0v) is 5.41. The molecule has 0 aliphatic carbocycles. The van der Waals surface area contributed by atoms with E-state index in [0.29, 0.717) is 13.1 Å². The van der Waals surface area contributed by atoms with E-state index in [2.05, 4.69) is 6.07 Å². The van der Waals surface area contributed by atoms with Crippen molar-refractivity contribution in [1.82, 2.24) is 4.90 Å². The summed E-state index contributed by atoms with van der Waals surface area (Å²) in [6, 6.07) is 2.07. The molecule has 1 N–H and O–H groups in total. The Labute approximate surface area is 54.5 Å². The van der Waals surface area contributed by atoms with Gasteiger partial charge in [-0.3, -0.25) is 4.90 Å². The predicted octanol–water partition coefficient (Wildman–Crippen LogP) is -0.425. The molecule has 9 heavy (non-hydrogen) atoms. The van der Waals surface area contributed by atoms with Crippen LogP contribution in [0.25, 0.3) is 0 Å². The van der Waals surface area contributed by atoms with E-state index in [1.807, 2.05) is 11.8 Å². The summed E-state index contributed by atoms with van der Waals surface area (Å²) in [7, 11) is 0. The average Bonchev–Trinajstić information content (AvgIpc) is 1.79. The van der Waals surface area contributed by atoms with Gasteiger partial charge in [-0.15, -0.1) is 0 Å². The van der Waals surface area contributed by atoms with Crippen LogP contribution in [-0.2, 0) is 0 Å². The highest BCUT2D eigenvalue weighted by Gasteiger charge is 2.27. The smallest absolute Gasteiger partial charge is 0.0951 e. The molecule has 1 saturated heterocycles. The molecule has 0 spiro atoms. The van der Waals surface area contributed by atoms with Crippen molar-refractivity contribution in [2.75, 3.05) is 13.1 Å². The SMILES string of the molecule is C[C@H](C#N)N1CC(O)C1. The van der Waals surface area contributed by atoms with Gasteiger partial charge in [-0.05, 0) is 6.92 Å². The van der Waals surface area contributed by atoms with Crippen LogP contribution in [0.4, 0.5) is 0 Å². The van der Waals surface area contributed by atoms with Crippen LogP contribution in [0, 0.1) is 11.3 Å². The molecular formula is C6H10N2O. The lowest BCUT2D eigenvalue weighted by Gasteiger charge is -2.37. The molecule has 0 bridgehead atoms. The Morgan fingerprint density at radius 3 is 2.67 bits per heavy atom. The van der Waals surface area contributed by atoms with Crippen molar-refractivity contribution in [3.8, 4) is 6.07 Å². The highest BCUT2D eigenvalue weighted by molar-refractivity contribution is 4.94. The lowest BCUT2D eigenvalue weighted by atomic mass is 10.1. The molecule has 0 aromatic heterocycles. The van der Waals surface area contributed by atoms with Gasteiger partial charge in [0.2, 0.25) is 0 Å². The second kappa shape index (κ2) is 2.34. The van der Waals surface area contributed by atoms with Crippen LogP contribution < -0.4 is 0 Å². The third kappa shape index (κ3) is 1.21. The zero-order chi connectivity index (χ0) is 6.85. The van der Waals surface area contributed by atoms with Crippen molar-refractivity contribution in [2.45, 2.75) is 19.1 Å². The molecule has 1 aliphatic rings. The molecule has 0 unspecified atom stereocenters. The molecule has 0 aromatic carbocycles. The quantitative estimate of drug-likeness (QED) is 0.519.